The maximum Gasteiger partial charge on any atom is 0.472 e. The van der Waals surface area contributed by atoms with Crippen LogP contribution in [0.5, 0.6) is 0 Å². The second kappa shape index (κ2) is 86.3. The molecular formula is C95H160O16P2. The lowest BCUT2D eigenvalue weighted by Crippen LogP contribution is -2.30. The third-order valence-corrected chi connectivity index (χ3v) is 20.3. The molecule has 0 amide bonds. The molecule has 0 aliphatic carbocycles. The fraction of sp³-hybridized carbons (Fsp3) is 0.674. The minimum atomic E-state index is -4.95. The first-order chi connectivity index (χ1) is 55.2. The summed E-state index contributed by atoms with van der Waals surface area (Å²) in [6.07, 6.45) is 111. The molecule has 0 bridgehead atoms. The van der Waals surface area contributed by atoms with Crippen LogP contribution in [0.4, 0.5) is 0 Å². The van der Waals surface area contributed by atoms with E-state index in [1.165, 1.54) is 103 Å². The van der Waals surface area contributed by atoms with Crippen LogP contribution in [-0.2, 0) is 55.8 Å². The van der Waals surface area contributed by atoms with Crippen molar-refractivity contribution in [3.63, 3.8) is 0 Å². The van der Waals surface area contributed by atoms with Gasteiger partial charge in [0.15, 0.2) is 6.10 Å². The summed E-state index contributed by atoms with van der Waals surface area (Å²) in [6.45, 7) is 2.34. The molecule has 646 valence electrons. The molecule has 113 heavy (non-hydrogen) atoms. The van der Waals surface area contributed by atoms with E-state index in [2.05, 4.69) is 191 Å². The van der Waals surface area contributed by atoms with E-state index in [-0.39, 0.29) is 19.3 Å². The molecule has 18 heteroatoms. The van der Waals surface area contributed by atoms with Crippen molar-refractivity contribution in [2.24, 2.45) is 0 Å². The Morgan fingerprint density at radius 1 is 0.248 bits per heavy atom. The summed E-state index contributed by atoms with van der Waals surface area (Å²) in [5, 5.41) is 20.7. The Balaban J connectivity index is 4.51. The Kier molecular flexibility index (Phi) is 82.4. The summed E-state index contributed by atoms with van der Waals surface area (Å²) in [4.78, 5) is 58.9. The van der Waals surface area contributed by atoms with E-state index in [0.29, 0.717) is 19.3 Å². The van der Waals surface area contributed by atoms with E-state index < -0.39 is 91.5 Å². The number of phosphoric acid groups is 2. The van der Waals surface area contributed by atoms with Crippen molar-refractivity contribution in [1.82, 2.24) is 0 Å². The Morgan fingerprint density at radius 2 is 0.442 bits per heavy atom. The molecule has 0 radical (unpaired) electrons. The third kappa shape index (κ3) is 87.6. The van der Waals surface area contributed by atoms with Crippen LogP contribution in [0.25, 0.3) is 0 Å². The highest BCUT2D eigenvalue weighted by atomic mass is 31.2. The zero-order valence-electron chi connectivity index (χ0n) is 71.0. The lowest BCUT2D eigenvalue weighted by Gasteiger charge is -2.21. The van der Waals surface area contributed by atoms with Gasteiger partial charge in [-0.3, -0.25) is 32.5 Å². The number of aliphatic hydroxyl groups is 2. The van der Waals surface area contributed by atoms with Gasteiger partial charge in [-0.1, -0.05) is 358 Å². The fourth-order valence-corrected chi connectivity index (χ4v) is 13.4. The average molecular weight is 1620 g/mol. The van der Waals surface area contributed by atoms with Gasteiger partial charge in [0.2, 0.25) is 0 Å². The first-order valence-electron chi connectivity index (χ1n) is 44.4. The molecule has 16 nitrogen and oxygen atoms in total. The Bertz CT molecular complexity index is 2730. The number of rotatable bonds is 83. The number of allylic oxidation sites excluding steroid dienone is 28. The van der Waals surface area contributed by atoms with Gasteiger partial charge in [0.25, 0.3) is 0 Å². The van der Waals surface area contributed by atoms with E-state index in [4.69, 9.17) is 32.3 Å². The third-order valence-electron chi connectivity index (χ3n) is 18.4. The predicted octanol–water partition coefficient (Wildman–Crippen LogP) is 27.1. The van der Waals surface area contributed by atoms with Crippen molar-refractivity contribution < 1.29 is 75.8 Å². The summed E-state index contributed by atoms with van der Waals surface area (Å²) in [5.41, 5.74) is 0. The Morgan fingerprint density at radius 3 is 0.699 bits per heavy atom. The van der Waals surface area contributed by atoms with E-state index >= 15 is 0 Å². The Hall–Kier alpha value is -5.09. The van der Waals surface area contributed by atoms with Crippen LogP contribution in [0.1, 0.15) is 355 Å². The molecule has 0 aromatic rings. The molecule has 0 saturated carbocycles. The molecule has 0 aromatic carbocycles. The van der Waals surface area contributed by atoms with E-state index in [9.17, 15) is 43.5 Å². The first kappa shape index (κ1) is 108. The number of aliphatic hydroxyl groups excluding tert-OH is 2. The van der Waals surface area contributed by atoms with Gasteiger partial charge in [0.05, 0.1) is 26.4 Å². The first-order valence-corrected chi connectivity index (χ1v) is 47.4. The standard InChI is InChI=1S/C95H160O16P2/c1-4-7-10-13-16-19-22-25-28-31-34-36-38-39-40-41-42-43-44-45-46-47-48-49-51-53-55-57-60-63-66-69-72-75-78-81-93(98)105-84-90(96)85-107-112(101,102)108-86-91(97)87-109-113(103,104)110-89-92(111-95(100)83-80-77-74-71-68-65-62-59-54-33-30-27-24-21-18-15-12-9-6-3)88-106-94(99)82-79-76-73-70-67-64-61-58-56-52-50-37-35-32-29-26-23-20-17-14-11-8-5-2/h7-12,16-21,25-30,34-37,39-40,52,54,56,59,90-92,96-97H,4-6,13-15,22-24,31-33,38,41-51,53,55,57-58,60-89H2,1-3H3,(H,101,102)(H,103,104)/b10-7-,11-8-,12-9-,19-16-,20-17-,21-18-,28-25-,29-26-,30-27-,36-34-,37-35-,40-39-,56-52-,59-54-. The summed E-state index contributed by atoms with van der Waals surface area (Å²) in [7, 11) is -9.82. The van der Waals surface area contributed by atoms with Crippen molar-refractivity contribution >= 4 is 33.6 Å². The van der Waals surface area contributed by atoms with Gasteiger partial charge in [0, 0.05) is 19.3 Å². The van der Waals surface area contributed by atoms with Crippen molar-refractivity contribution in [3.05, 3.63) is 170 Å². The topological polar surface area (TPSA) is 231 Å². The minimum absolute atomic E-state index is 0.0810. The molecule has 5 atom stereocenters. The number of phosphoric ester groups is 2. The van der Waals surface area contributed by atoms with Crippen LogP contribution in [0, 0.1) is 0 Å². The quantitative estimate of drug-likeness (QED) is 0.0146. The molecule has 0 fully saturated rings. The highest BCUT2D eigenvalue weighted by Gasteiger charge is 2.29. The monoisotopic (exact) mass is 1620 g/mol. The summed E-state index contributed by atoms with van der Waals surface area (Å²) in [5.74, 6) is -1.60. The van der Waals surface area contributed by atoms with Crippen LogP contribution in [0.3, 0.4) is 0 Å². The highest BCUT2D eigenvalue weighted by molar-refractivity contribution is 7.47. The van der Waals surface area contributed by atoms with Gasteiger partial charge in [-0.05, 0) is 148 Å². The number of hydrogen-bond donors (Lipinski definition) is 4. The van der Waals surface area contributed by atoms with E-state index in [0.717, 1.165) is 193 Å². The summed E-state index contributed by atoms with van der Waals surface area (Å²) >= 11 is 0. The molecular weight excluding hydrogens is 1460 g/mol. The molecule has 4 N–H and O–H groups in total. The second-order valence-corrected chi connectivity index (χ2v) is 32.2. The lowest BCUT2D eigenvalue weighted by molar-refractivity contribution is -0.161. The van der Waals surface area contributed by atoms with Crippen LogP contribution in [0.15, 0.2) is 170 Å². The normalized spacial score (nSPS) is 14.6. The van der Waals surface area contributed by atoms with Crippen molar-refractivity contribution in [1.29, 1.82) is 0 Å². The van der Waals surface area contributed by atoms with Crippen molar-refractivity contribution in [2.75, 3.05) is 39.6 Å². The maximum absolute atomic E-state index is 13.0. The molecule has 0 saturated heterocycles. The molecule has 0 spiro atoms. The lowest BCUT2D eigenvalue weighted by atomic mass is 10.0. The summed E-state index contributed by atoms with van der Waals surface area (Å²) in [6, 6.07) is 0. The molecule has 0 rings (SSSR count). The van der Waals surface area contributed by atoms with Gasteiger partial charge in [-0.2, -0.15) is 0 Å². The SMILES string of the molecule is CC/C=C\C/C=C\C/C=C\C/C=C\C/C=C\CCCCCCCCCCCCCCCCCCCCCC(=O)OCC(O)COP(=O)(O)OCC(O)COP(=O)(O)OCC(COC(=O)CCCCCCCCC/C=C\C/C=C\C/C=C\C/C=C\C/C=C\CC)OC(=O)CCCCCCCC/C=C\C/C=C\C/C=C\C/C=C\CC. The maximum atomic E-state index is 13.0. The van der Waals surface area contributed by atoms with Crippen LogP contribution in [-0.4, -0.2) is 95.9 Å². The molecule has 5 unspecified atom stereocenters. The molecule has 0 aliphatic heterocycles. The highest BCUT2D eigenvalue weighted by Crippen LogP contribution is 2.45. The number of esters is 3. The van der Waals surface area contributed by atoms with Crippen LogP contribution >= 0.6 is 15.6 Å². The number of carbonyl (C=O) groups is 3. The van der Waals surface area contributed by atoms with Gasteiger partial charge >= 0.3 is 33.6 Å². The van der Waals surface area contributed by atoms with Gasteiger partial charge in [-0.15, -0.1) is 0 Å². The van der Waals surface area contributed by atoms with Gasteiger partial charge in [-0.25, -0.2) is 9.13 Å². The fourth-order valence-electron chi connectivity index (χ4n) is 11.8. The molecule has 0 aliphatic rings. The van der Waals surface area contributed by atoms with Crippen LogP contribution in [0.2, 0.25) is 0 Å². The van der Waals surface area contributed by atoms with E-state index in [1.54, 1.807) is 0 Å². The number of unbranched alkanes of at least 4 members (excludes halogenated alkanes) is 32. The van der Waals surface area contributed by atoms with Crippen LogP contribution < -0.4 is 0 Å². The zero-order valence-corrected chi connectivity index (χ0v) is 72.8. The second-order valence-electron chi connectivity index (χ2n) is 29.3. The smallest absolute Gasteiger partial charge is 0.463 e. The zero-order chi connectivity index (χ0) is 82.2. The number of hydrogen-bond acceptors (Lipinski definition) is 14. The predicted molar refractivity (Wildman–Crippen MR) is 472 cm³/mol. The summed E-state index contributed by atoms with van der Waals surface area (Å²) < 4.78 is 61.4. The van der Waals surface area contributed by atoms with Gasteiger partial charge < -0.3 is 34.2 Å². The molecule has 0 aromatic heterocycles. The van der Waals surface area contributed by atoms with Crippen molar-refractivity contribution in [3.8, 4) is 0 Å². The van der Waals surface area contributed by atoms with E-state index in [1.807, 2.05) is 0 Å². The number of ether oxygens (including phenoxy) is 3. The minimum Gasteiger partial charge on any atom is -0.463 e. The number of carbonyl (C=O) groups excluding carboxylic acids is 3. The largest absolute Gasteiger partial charge is 0.472 e. The Labute approximate surface area is 688 Å². The molecule has 0 heterocycles. The van der Waals surface area contributed by atoms with Crippen molar-refractivity contribution in [2.45, 2.75) is 373 Å². The average Bonchev–Trinajstić information content (AvgIpc) is 0.899. The van der Waals surface area contributed by atoms with Gasteiger partial charge in [0.1, 0.15) is 25.4 Å².